The third-order valence-corrected chi connectivity index (χ3v) is 3.75. The summed E-state index contributed by atoms with van der Waals surface area (Å²) in [5.74, 6) is 1.25. The van der Waals surface area contributed by atoms with E-state index in [0.29, 0.717) is 12.2 Å². The first-order valence-electron chi connectivity index (χ1n) is 7.38. The first kappa shape index (κ1) is 15.3. The average molecular weight is 282 g/mol. The van der Waals surface area contributed by atoms with Crippen LogP contribution in [0.25, 0.3) is 0 Å². The molecule has 2 aromatic rings. The van der Waals surface area contributed by atoms with Crippen LogP contribution in [0, 0.1) is 5.92 Å². The van der Waals surface area contributed by atoms with Gasteiger partial charge in [-0.25, -0.2) is 0 Å². The van der Waals surface area contributed by atoms with Crippen LogP contribution in [0.5, 0.6) is 5.75 Å². The Labute approximate surface area is 126 Å². The van der Waals surface area contributed by atoms with Gasteiger partial charge in [-0.15, -0.1) is 0 Å². The number of carbonyl (C=O) groups excluding carboxylic acids is 1. The van der Waals surface area contributed by atoms with Gasteiger partial charge in [0.1, 0.15) is 11.5 Å². The lowest BCUT2D eigenvalue weighted by Gasteiger charge is -2.10. The number of carbonyl (C=O) groups is 1. The zero-order chi connectivity index (χ0) is 15.1. The molecular weight excluding hydrogens is 260 g/mol. The second-order valence-electron chi connectivity index (χ2n) is 5.41. The third kappa shape index (κ3) is 4.75. The average Bonchev–Trinajstić information content (AvgIpc) is 2.54. The predicted molar refractivity (Wildman–Crippen MR) is 85.6 cm³/mol. The van der Waals surface area contributed by atoms with Crippen molar-refractivity contribution in [1.82, 2.24) is 0 Å². The van der Waals surface area contributed by atoms with E-state index in [2.05, 4.69) is 12.1 Å². The van der Waals surface area contributed by atoms with Crippen LogP contribution in [0.15, 0.2) is 54.6 Å². The quantitative estimate of drug-likeness (QED) is 0.765. The molecule has 0 aliphatic rings. The molecule has 0 aliphatic heterocycles. The molecule has 0 heterocycles. The van der Waals surface area contributed by atoms with E-state index in [1.165, 1.54) is 11.1 Å². The van der Waals surface area contributed by atoms with Gasteiger partial charge in [-0.2, -0.15) is 0 Å². The molecule has 0 unspecified atom stereocenters. The number of hydrogen-bond donors (Lipinski definition) is 0. The molecule has 2 rings (SSSR count). The Kier molecular flexibility index (Phi) is 5.56. The van der Waals surface area contributed by atoms with Gasteiger partial charge >= 0.3 is 0 Å². The van der Waals surface area contributed by atoms with E-state index in [1.54, 1.807) is 7.11 Å². The minimum Gasteiger partial charge on any atom is -0.497 e. The van der Waals surface area contributed by atoms with Crippen molar-refractivity contribution in [1.29, 1.82) is 0 Å². The van der Waals surface area contributed by atoms with E-state index in [-0.39, 0.29) is 5.92 Å². The van der Waals surface area contributed by atoms with Crippen LogP contribution < -0.4 is 4.74 Å². The number of ketones is 1. The summed E-state index contributed by atoms with van der Waals surface area (Å²) in [6.45, 7) is 2.02. The zero-order valence-corrected chi connectivity index (χ0v) is 12.7. The van der Waals surface area contributed by atoms with Gasteiger partial charge in [-0.1, -0.05) is 49.4 Å². The Morgan fingerprint density at radius 1 is 1.00 bits per heavy atom. The Bertz CT molecular complexity index is 558. The van der Waals surface area contributed by atoms with Crippen molar-refractivity contribution >= 4 is 5.78 Å². The maximum atomic E-state index is 12.2. The number of benzene rings is 2. The summed E-state index contributed by atoms with van der Waals surface area (Å²) in [5.41, 5.74) is 2.40. The van der Waals surface area contributed by atoms with E-state index in [1.807, 2.05) is 49.4 Å². The number of aryl methyl sites for hydroxylation is 1. The molecule has 0 spiro atoms. The molecule has 2 aromatic carbocycles. The number of Topliss-reactive ketones (excluding diaryl/α,β-unsaturated/α-hetero) is 1. The van der Waals surface area contributed by atoms with Crippen molar-refractivity contribution < 1.29 is 9.53 Å². The van der Waals surface area contributed by atoms with Crippen molar-refractivity contribution in [2.45, 2.75) is 26.2 Å². The van der Waals surface area contributed by atoms with Crippen molar-refractivity contribution in [2.75, 3.05) is 7.11 Å². The molecule has 0 amide bonds. The first-order valence-corrected chi connectivity index (χ1v) is 7.38. The Morgan fingerprint density at radius 2 is 1.67 bits per heavy atom. The molecule has 0 N–H and O–H groups in total. The molecule has 1 atom stereocenters. The largest absolute Gasteiger partial charge is 0.497 e. The lowest BCUT2D eigenvalue weighted by Crippen LogP contribution is -2.14. The second-order valence-corrected chi connectivity index (χ2v) is 5.41. The Hall–Kier alpha value is -2.09. The normalized spacial score (nSPS) is 11.9. The van der Waals surface area contributed by atoms with E-state index in [4.69, 9.17) is 4.74 Å². The highest BCUT2D eigenvalue weighted by Gasteiger charge is 2.13. The Morgan fingerprint density at radius 3 is 2.29 bits per heavy atom. The number of hydrogen-bond acceptors (Lipinski definition) is 2. The van der Waals surface area contributed by atoms with Gasteiger partial charge in [0.15, 0.2) is 0 Å². The van der Waals surface area contributed by atoms with Crippen molar-refractivity contribution in [2.24, 2.45) is 5.92 Å². The van der Waals surface area contributed by atoms with Crippen LogP contribution in [0.2, 0.25) is 0 Å². The van der Waals surface area contributed by atoms with Crippen molar-refractivity contribution in [3.8, 4) is 5.75 Å². The van der Waals surface area contributed by atoms with Crippen molar-refractivity contribution in [3.63, 3.8) is 0 Å². The number of rotatable bonds is 7. The summed E-state index contributed by atoms with van der Waals surface area (Å²) in [6, 6.07) is 18.1. The molecule has 0 aliphatic carbocycles. The van der Waals surface area contributed by atoms with E-state index in [0.717, 1.165) is 18.6 Å². The fourth-order valence-corrected chi connectivity index (χ4v) is 2.39. The monoisotopic (exact) mass is 282 g/mol. The van der Waals surface area contributed by atoms with E-state index in [9.17, 15) is 4.79 Å². The standard InChI is InChI=1S/C19H22O2/c1-15(14-17-6-4-3-5-7-17)19(20)13-10-16-8-11-18(21-2)12-9-16/h3-9,11-12,15H,10,13-14H2,1-2H3/t15-/m0/s1. The van der Waals surface area contributed by atoms with Crippen LogP contribution in [-0.4, -0.2) is 12.9 Å². The lowest BCUT2D eigenvalue weighted by atomic mass is 9.93. The fourth-order valence-electron chi connectivity index (χ4n) is 2.39. The molecule has 0 fully saturated rings. The van der Waals surface area contributed by atoms with Crippen LogP contribution in [-0.2, 0) is 17.6 Å². The summed E-state index contributed by atoms with van der Waals surface area (Å²) < 4.78 is 5.13. The molecule has 2 nitrogen and oxygen atoms in total. The van der Waals surface area contributed by atoms with Gasteiger partial charge in [-0.05, 0) is 36.1 Å². The summed E-state index contributed by atoms with van der Waals surface area (Å²) in [5, 5.41) is 0. The third-order valence-electron chi connectivity index (χ3n) is 3.75. The summed E-state index contributed by atoms with van der Waals surface area (Å²) in [6.07, 6.45) is 2.21. The molecule has 0 saturated carbocycles. The van der Waals surface area contributed by atoms with Crippen LogP contribution in [0.3, 0.4) is 0 Å². The second kappa shape index (κ2) is 7.63. The molecule has 110 valence electrons. The summed E-state index contributed by atoms with van der Waals surface area (Å²) in [4.78, 5) is 12.2. The van der Waals surface area contributed by atoms with Gasteiger partial charge in [0.25, 0.3) is 0 Å². The van der Waals surface area contributed by atoms with Gasteiger partial charge in [-0.3, -0.25) is 4.79 Å². The highest BCUT2D eigenvalue weighted by Crippen LogP contribution is 2.15. The van der Waals surface area contributed by atoms with Gasteiger partial charge in [0.2, 0.25) is 0 Å². The highest BCUT2D eigenvalue weighted by molar-refractivity contribution is 5.81. The van der Waals surface area contributed by atoms with Gasteiger partial charge in [0.05, 0.1) is 7.11 Å². The van der Waals surface area contributed by atoms with E-state index >= 15 is 0 Å². The minimum absolute atomic E-state index is 0.0747. The smallest absolute Gasteiger partial charge is 0.136 e. The summed E-state index contributed by atoms with van der Waals surface area (Å²) in [7, 11) is 1.66. The maximum Gasteiger partial charge on any atom is 0.136 e. The van der Waals surface area contributed by atoms with Crippen LogP contribution >= 0.6 is 0 Å². The SMILES string of the molecule is COc1ccc(CCC(=O)[C@@H](C)Cc2ccccc2)cc1. The molecule has 0 saturated heterocycles. The minimum atomic E-state index is 0.0747. The topological polar surface area (TPSA) is 26.3 Å². The van der Waals surface area contributed by atoms with Crippen LogP contribution in [0.4, 0.5) is 0 Å². The lowest BCUT2D eigenvalue weighted by molar-refractivity contribution is -0.122. The fraction of sp³-hybridized carbons (Fsp3) is 0.316. The maximum absolute atomic E-state index is 12.2. The first-order chi connectivity index (χ1) is 10.2. The van der Waals surface area contributed by atoms with E-state index < -0.39 is 0 Å². The van der Waals surface area contributed by atoms with Crippen molar-refractivity contribution in [3.05, 3.63) is 65.7 Å². The Balaban J connectivity index is 1.83. The highest BCUT2D eigenvalue weighted by atomic mass is 16.5. The molecule has 21 heavy (non-hydrogen) atoms. The molecule has 0 bridgehead atoms. The summed E-state index contributed by atoms with van der Waals surface area (Å²) >= 11 is 0. The van der Waals surface area contributed by atoms with Crippen LogP contribution in [0.1, 0.15) is 24.5 Å². The number of ether oxygens (including phenoxy) is 1. The molecular formula is C19H22O2. The van der Waals surface area contributed by atoms with Gasteiger partial charge in [0, 0.05) is 12.3 Å². The molecule has 0 aromatic heterocycles. The molecule has 2 heteroatoms. The molecule has 0 radical (unpaired) electrons. The zero-order valence-electron chi connectivity index (χ0n) is 12.7. The van der Waals surface area contributed by atoms with Gasteiger partial charge < -0.3 is 4.74 Å². The predicted octanol–water partition coefficient (Wildman–Crippen LogP) is 4.08. The number of methoxy groups -OCH3 is 1.